The lowest BCUT2D eigenvalue weighted by molar-refractivity contribution is -0.656. The number of nitrogens with zero attached hydrogens (tertiary/aromatic N) is 2. The molecule has 0 radical (unpaired) electrons. The van der Waals surface area contributed by atoms with Crippen molar-refractivity contribution >= 4 is 34.2 Å². The predicted molar refractivity (Wildman–Crippen MR) is 101 cm³/mol. The van der Waals surface area contributed by atoms with Crippen molar-refractivity contribution in [3.05, 3.63) is 64.7 Å². The van der Waals surface area contributed by atoms with Crippen molar-refractivity contribution in [2.45, 2.75) is 19.1 Å². The molecule has 0 spiro atoms. The first-order valence-electron chi connectivity index (χ1n) is 8.18. The van der Waals surface area contributed by atoms with E-state index in [1.807, 2.05) is 36.0 Å². The van der Waals surface area contributed by atoms with E-state index in [0.717, 1.165) is 35.1 Å². The van der Waals surface area contributed by atoms with Crippen LogP contribution in [-0.4, -0.2) is 33.7 Å². The van der Waals surface area contributed by atoms with Crippen molar-refractivity contribution in [1.29, 1.82) is 0 Å². The highest BCUT2D eigenvalue weighted by Crippen LogP contribution is 2.38. The Balaban J connectivity index is 0.00000182. The van der Waals surface area contributed by atoms with E-state index in [1.54, 1.807) is 0 Å². The average molecular weight is 440 g/mol. The highest BCUT2D eigenvalue weighted by molar-refractivity contribution is 8.13. The molecule has 0 fully saturated rings. The molecule has 2 aliphatic heterocycles. The number of hydrogen-bond acceptors (Lipinski definition) is 3. The minimum absolute atomic E-state index is 0. The number of thioether (sulfide) groups is 1. The third kappa shape index (κ3) is 3.23. The first kappa shape index (κ1) is 18.8. The normalized spacial score (nSPS) is 22.6. The smallest absolute Gasteiger partial charge is 0.316 e. The number of para-hydroxylation sites is 1. The van der Waals surface area contributed by atoms with Crippen LogP contribution in [0.4, 0.5) is 5.69 Å². The van der Waals surface area contributed by atoms with Crippen molar-refractivity contribution in [2.75, 3.05) is 23.7 Å². The van der Waals surface area contributed by atoms with Gasteiger partial charge in [-0.05, 0) is 48.9 Å². The zero-order valence-electron chi connectivity index (χ0n) is 14.0. The number of benzene rings is 2. The van der Waals surface area contributed by atoms with E-state index in [-0.39, 0.29) is 17.0 Å². The summed E-state index contributed by atoms with van der Waals surface area (Å²) in [5.41, 5.74) is 2.26. The lowest BCUT2D eigenvalue weighted by Gasteiger charge is -2.24. The second-order valence-corrected chi connectivity index (χ2v) is 7.83. The van der Waals surface area contributed by atoms with Crippen LogP contribution in [0.25, 0.3) is 0 Å². The zero-order valence-corrected chi connectivity index (χ0v) is 17.1. The highest BCUT2D eigenvalue weighted by Gasteiger charge is 2.53. The van der Waals surface area contributed by atoms with Gasteiger partial charge < -0.3 is 22.1 Å². The molecule has 0 saturated heterocycles. The van der Waals surface area contributed by atoms with E-state index < -0.39 is 5.72 Å². The number of rotatable bonds is 2. The number of amidine groups is 1. The Morgan fingerprint density at radius 3 is 2.60 bits per heavy atom. The number of β-amino-alcohol motifs (C(OH)–C–C–N with tert-alkyl or cyclic N) is 1. The van der Waals surface area contributed by atoms with Gasteiger partial charge in [0.05, 0.1) is 6.54 Å². The van der Waals surface area contributed by atoms with Crippen LogP contribution in [0.1, 0.15) is 17.5 Å². The van der Waals surface area contributed by atoms with Gasteiger partial charge in [-0.2, -0.15) is 0 Å². The van der Waals surface area contributed by atoms with E-state index in [9.17, 15) is 5.11 Å². The third-order valence-corrected chi connectivity index (χ3v) is 6.20. The van der Waals surface area contributed by atoms with Crippen LogP contribution in [0.3, 0.4) is 0 Å². The molecule has 6 heteroatoms. The maximum absolute atomic E-state index is 11.6. The topological polar surface area (TPSA) is 26.5 Å². The van der Waals surface area contributed by atoms with Gasteiger partial charge in [0.15, 0.2) is 6.54 Å². The molecule has 2 aromatic rings. The van der Waals surface area contributed by atoms with Gasteiger partial charge in [-0.15, -0.1) is 0 Å². The fourth-order valence-electron chi connectivity index (χ4n) is 3.52. The first-order valence-corrected chi connectivity index (χ1v) is 9.55. The highest BCUT2D eigenvalue weighted by atomic mass is 79.9. The Morgan fingerprint density at radius 1 is 1.16 bits per heavy atom. The predicted octanol–water partition coefficient (Wildman–Crippen LogP) is 0.823. The number of aliphatic hydroxyl groups is 1. The van der Waals surface area contributed by atoms with Crippen LogP contribution in [0.5, 0.6) is 0 Å². The van der Waals surface area contributed by atoms with Crippen LogP contribution in [0, 0.1) is 6.92 Å². The summed E-state index contributed by atoms with van der Waals surface area (Å²) in [5, 5.41) is 13.4. The van der Waals surface area contributed by atoms with Crippen molar-refractivity contribution in [3.63, 3.8) is 0 Å². The molecule has 4 rings (SSSR count). The molecule has 0 aliphatic carbocycles. The summed E-state index contributed by atoms with van der Waals surface area (Å²) in [5.74, 6) is 1.09. The van der Waals surface area contributed by atoms with Gasteiger partial charge in [0.2, 0.25) is 0 Å². The van der Waals surface area contributed by atoms with Crippen LogP contribution < -0.4 is 21.9 Å². The largest absolute Gasteiger partial charge is 1.00 e. The van der Waals surface area contributed by atoms with Gasteiger partial charge in [0.25, 0.3) is 5.72 Å². The molecule has 0 amide bonds. The number of anilines is 1. The molecule has 1 N–H and O–H groups in total. The van der Waals surface area contributed by atoms with Crippen molar-refractivity contribution in [1.82, 2.24) is 0 Å². The summed E-state index contributed by atoms with van der Waals surface area (Å²) in [7, 11) is 0. The van der Waals surface area contributed by atoms with Crippen LogP contribution in [0.15, 0.2) is 48.5 Å². The number of hydrogen-bond donors (Lipinski definition) is 1. The minimum atomic E-state index is -1.02. The molecular formula is C19H20BrClN2OS. The lowest BCUT2D eigenvalue weighted by Crippen LogP contribution is -3.00. The Kier molecular flexibility index (Phi) is 5.49. The zero-order chi connectivity index (χ0) is 16.7. The summed E-state index contributed by atoms with van der Waals surface area (Å²) in [4.78, 5) is 2.26. The molecule has 1 atom stereocenters. The fourth-order valence-corrected chi connectivity index (χ4v) is 4.82. The second kappa shape index (κ2) is 7.31. The van der Waals surface area contributed by atoms with Crippen molar-refractivity contribution in [3.8, 4) is 0 Å². The maximum Gasteiger partial charge on any atom is 0.316 e. The standard InChI is InChI=1S/C19H20ClN2OS.BrH/c1-14-5-2-3-6-17(14)21-13-19(23,15-7-9-16(20)10-8-15)22-11-4-12-24-18(21)22;/h2-3,5-10,23H,4,11-13H2,1H3;1H/q+1;/p-1. The second-order valence-electron chi connectivity index (χ2n) is 6.33. The van der Waals surface area contributed by atoms with E-state index in [4.69, 9.17) is 11.6 Å². The van der Waals surface area contributed by atoms with Gasteiger partial charge in [-0.1, -0.05) is 41.9 Å². The number of halogens is 2. The van der Waals surface area contributed by atoms with Gasteiger partial charge in [0.1, 0.15) is 5.69 Å². The van der Waals surface area contributed by atoms with Gasteiger partial charge >= 0.3 is 5.17 Å². The molecule has 2 heterocycles. The van der Waals surface area contributed by atoms with Gasteiger partial charge in [0, 0.05) is 16.3 Å². The summed E-state index contributed by atoms with van der Waals surface area (Å²) in [6.07, 6.45) is 1.08. The maximum atomic E-state index is 11.6. The third-order valence-electron chi connectivity index (χ3n) is 4.76. The summed E-state index contributed by atoms with van der Waals surface area (Å²) < 4.78 is 2.15. The molecular weight excluding hydrogens is 420 g/mol. The summed E-state index contributed by atoms with van der Waals surface area (Å²) >= 11 is 7.86. The molecule has 0 aromatic heterocycles. The van der Waals surface area contributed by atoms with E-state index in [2.05, 4.69) is 40.7 Å². The number of aryl methyl sites for hydroxylation is 1. The average Bonchev–Trinajstić information content (AvgIpc) is 2.90. The quantitative estimate of drug-likeness (QED) is 0.702. The molecule has 1 unspecified atom stereocenters. The van der Waals surface area contributed by atoms with Gasteiger partial charge in [-0.25, -0.2) is 9.48 Å². The van der Waals surface area contributed by atoms with Crippen molar-refractivity contribution in [2.24, 2.45) is 0 Å². The molecule has 132 valence electrons. The first-order chi connectivity index (χ1) is 11.6. The van der Waals surface area contributed by atoms with E-state index in [1.165, 1.54) is 5.56 Å². The molecule has 2 aliphatic rings. The SMILES string of the molecule is Cc1ccccc1N1CC(O)(c2ccc(Cl)cc2)[N+]2=C1SCCC2.[Br-]. The monoisotopic (exact) mass is 438 g/mol. The lowest BCUT2D eigenvalue weighted by atomic mass is 10.0. The Hall–Kier alpha value is -1.01. The molecule has 3 nitrogen and oxygen atoms in total. The molecule has 0 bridgehead atoms. The fraction of sp³-hybridized carbons (Fsp3) is 0.316. The Morgan fingerprint density at radius 2 is 1.88 bits per heavy atom. The van der Waals surface area contributed by atoms with E-state index in [0.29, 0.717) is 11.6 Å². The van der Waals surface area contributed by atoms with Crippen LogP contribution >= 0.6 is 23.4 Å². The summed E-state index contributed by atoms with van der Waals surface area (Å²) in [6, 6.07) is 15.9. The molecule has 2 aromatic carbocycles. The molecule has 25 heavy (non-hydrogen) atoms. The Bertz CT molecular complexity index is 811. The van der Waals surface area contributed by atoms with Gasteiger partial charge in [-0.3, -0.25) is 0 Å². The summed E-state index contributed by atoms with van der Waals surface area (Å²) in [6.45, 7) is 3.51. The van der Waals surface area contributed by atoms with E-state index >= 15 is 0 Å². The van der Waals surface area contributed by atoms with Crippen LogP contribution in [-0.2, 0) is 5.72 Å². The Labute approximate surface area is 168 Å². The minimum Gasteiger partial charge on any atom is -1.00 e. The van der Waals surface area contributed by atoms with Crippen molar-refractivity contribution < 1.29 is 26.7 Å². The van der Waals surface area contributed by atoms with Crippen LogP contribution in [0.2, 0.25) is 5.02 Å². The molecule has 0 saturated carbocycles.